The monoisotopic (exact) mass is 347 g/mol. The van der Waals surface area contributed by atoms with Crippen molar-refractivity contribution in [2.24, 2.45) is 0 Å². The van der Waals surface area contributed by atoms with Crippen LogP contribution in [0.4, 0.5) is 0 Å². The van der Waals surface area contributed by atoms with E-state index in [2.05, 4.69) is 20.9 Å². The van der Waals surface area contributed by atoms with Crippen molar-refractivity contribution in [3.63, 3.8) is 0 Å². The van der Waals surface area contributed by atoms with Crippen LogP contribution in [0, 0.1) is 6.92 Å². The van der Waals surface area contributed by atoms with Crippen LogP contribution < -0.4 is 10.7 Å². The highest BCUT2D eigenvalue weighted by atomic mass is 32.2. The van der Waals surface area contributed by atoms with E-state index in [0.29, 0.717) is 18.3 Å². The number of aromatic nitrogens is 3. The molecule has 0 saturated heterocycles. The van der Waals surface area contributed by atoms with E-state index in [0.717, 1.165) is 17.8 Å². The highest BCUT2D eigenvalue weighted by Crippen LogP contribution is 2.36. The Morgan fingerprint density at radius 3 is 2.92 bits per heavy atom. The predicted molar refractivity (Wildman–Crippen MR) is 92.5 cm³/mol. The Bertz CT molecular complexity index is 691. The Labute approximate surface area is 145 Å². The van der Waals surface area contributed by atoms with Crippen LogP contribution in [-0.4, -0.2) is 46.3 Å². The van der Waals surface area contributed by atoms with Crippen LogP contribution in [0.25, 0.3) is 0 Å². The second kappa shape index (κ2) is 7.67. The molecule has 0 fully saturated rings. The second-order valence-electron chi connectivity index (χ2n) is 5.56. The standard InChI is InChI=1S/C16H21N5O2S/c1-11-18-19-16-21(11)20-13(12-7-4-3-5-8-12)14(24-16)15(22)17-9-6-10-23-2/h3-5,7-8,13-14,20H,6,9-10H2,1-2H3,(H,17,22). The number of benzene rings is 1. The number of hydrogen-bond acceptors (Lipinski definition) is 6. The maximum Gasteiger partial charge on any atom is 0.236 e. The first-order valence-corrected chi connectivity index (χ1v) is 8.75. The molecular formula is C16H21N5O2S. The lowest BCUT2D eigenvalue weighted by atomic mass is 10.0. The van der Waals surface area contributed by atoms with Crippen molar-refractivity contribution < 1.29 is 9.53 Å². The third-order valence-electron chi connectivity index (χ3n) is 3.84. The minimum Gasteiger partial charge on any atom is -0.385 e. The lowest BCUT2D eigenvalue weighted by Crippen LogP contribution is -2.44. The third kappa shape index (κ3) is 3.54. The van der Waals surface area contributed by atoms with Crippen molar-refractivity contribution in [2.45, 2.75) is 29.8 Å². The van der Waals surface area contributed by atoms with Crippen LogP contribution >= 0.6 is 11.8 Å². The number of methoxy groups -OCH3 is 1. The fraction of sp³-hybridized carbons (Fsp3) is 0.438. The molecule has 128 valence electrons. The molecule has 1 amide bonds. The summed E-state index contributed by atoms with van der Waals surface area (Å²) in [5.74, 6) is 0.766. The van der Waals surface area contributed by atoms with E-state index < -0.39 is 0 Å². The quantitative estimate of drug-likeness (QED) is 0.771. The number of nitrogens with one attached hydrogen (secondary N) is 2. The second-order valence-corrected chi connectivity index (χ2v) is 6.67. The summed E-state index contributed by atoms with van der Waals surface area (Å²) < 4.78 is 6.86. The zero-order valence-electron chi connectivity index (χ0n) is 13.7. The topological polar surface area (TPSA) is 81.1 Å². The van der Waals surface area contributed by atoms with E-state index in [1.54, 1.807) is 7.11 Å². The maximum absolute atomic E-state index is 12.7. The molecule has 7 nitrogen and oxygen atoms in total. The van der Waals surface area contributed by atoms with E-state index in [1.165, 1.54) is 11.8 Å². The normalized spacial score (nSPS) is 19.4. The largest absolute Gasteiger partial charge is 0.385 e. The molecule has 24 heavy (non-hydrogen) atoms. The summed E-state index contributed by atoms with van der Waals surface area (Å²) in [6.07, 6.45) is 0.790. The summed E-state index contributed by atoms with van der Waals surface area (Å²) in [6.45, 7) is 3.11. The van der Waals surface area contributed by atoms with Crippen LogP contribution in [0.5, 0.6) is 0 Å². The van der Waals surface area contributed by atoms with Gasteiger partial charge in [0.2, 0.25) is 11.1 Å². The van der Waals surface area contributed by atoms with Crippen molar-refractivity contribution in [3.8, 4) is 0 Å². The Morgan fingerprint density at radius 2 is 2.17 bits per heavy atom. The van der Waals surface area contributed by atoms with Gasteiger partial charge in [-0.05, 0) is 18.9 Å². The number of rotatable bonds is 6. The average Bonchev–Trinajstić information content (AvgIpc) is 2.98. The summed E-state index contributed by atoms with van der Waals surface area (Å²) in [7, 11) is 1.66. The number of ether oxygens (including phenoxy) is 1. The molecule has 3 rings (SSSR count). The van der Waals surface area contributed by atoms with Crippen LogP contribution in [0.2, 0.25) is 0 Å². The van der Waals surface area contributed by atoms with Gasteiger partial charge in [0.1, 0.15) is 11.1 Å². The van der Waals surface area contributed by atoms with Gasteiger partial charge in [0.25, 0.3) is 0 Å². The first-order valence-electron chi connectivity index (χ1n) is 7.87. The molecule has 2 N–H and O–H groups in total. The fourth-order valence-electron chi connectivity index (χ4n) is 2.60. The molecular weight excluding hydrogens is 326 g/mol. The number of carbonyl (C=O) groups is 1. The van der Waals surface area contributed by atoms with Crippen LogP contribution in [-0.2, 0) is 9.53 Å². The molecule has 2 atom stereocenters. The lowest BCUT2D eigenvalue weighted by Gasteiger charge is -2.32. The van der Waals surface area contributed by atoms with Crippen molar-refractivity contribution in [3.05, 3.63) is 41.7 Å². The van der Waals surface area contributed by atoms with Crippen LogP contribution in [0.15, 0.2) is 35.5 Å². The summed E-state index contributed by atoms with van der Waals surface area (Å²) in [5.41, 5.74) is 4.44. The number of aryl methyl sites for hydroxylation is 1. The Morgan fingerprint density at radius 1 is 1.38 bits per heavy atom. The molecule has 1 aromatic carbocycles. The van der Waals surface area contributed by atoms with Gasteiger partial charge in [0, 0.05) is 20.3 Å². The van der Waals surface area contributed by atoms with E-state index in [-0.39, 0.29) is 17.2 Å². The molecule has 8 heteroatoms. The Balaban J connectivity index is 1.80. The van der Waals surface area contributed by atoms with Crippen LogP contribution in [0.1, 0.15) is 23.9 Å². The molecule has 2 heterocycles. The lowest BCUT2D eigenvalue weighted by molar-refractivity contribution is -0.121. The van der Waals surface area contributed by atoms with Crippen molar-refractivity contribution in [1.82, 2.24) is 20.2 Å². The van der Waals surface area contributed by atoms with Gasteiger partial charge in [-0.25, -0.2) is 4.68 Å². The number of amides is 1. The van der Waals surface area contributed by atoms with Crippen molar-refractivity contribution in [2.75, 3.05) is 25.7 Å². The van der Waals surface area contributed by atoms with Gasteiger partial charge in [-0.15, -0.1) is 10.2 Å². The molecule has 0 bridgehead atoms. The molecule has 1 aromatic heterocycles. The number of fused-ring (bicyclic) bond motifs is 1. The van der Waals surface area contributed by atoms with Gasteiger partial charge in [-0.1, -0.05) is 42.1 Å². The fourth-order valence-corrected chi connectivity index (χ4v) is 3.75. The number of carbonyl (C=O) groups excluding carboxylic acids is 1. The van der Waals surface area contributed by atoms with Crippen molar-refractivity contribution >= 4 is 17.7 Å². The van der Waals surface area contributed by atoms with Gasteiger partial charge in [-0.3, -0.25) is 4.79 Å². The maximum atomic E-state index is 12.7. The predicted octanol–water partition coefficient (Wildman–Crippen LogP) is 1.50. The van der Waals surface area contributed by atoms with Gasteiger partial charge >= 0.3 is 0 Å². The molecule has 1 aliphatic rings. The van der Waals surface area contributed by atoms with E-state index >= 15 is 0 Å². The molecule has 0 spiro atoms. The molecule has 2 aromatic rings. The average molecular weight is 347 g/mol. The highest BCUT2D eigenvalue weighted by molar-refractivity contribution is 8.00. The summed E-state index contributed by atoms with van der Waals surface area (Å²) >= 11 is 1.44. The number of nitrogens with zero attached hydrogens (tertiary/aromatic N) is 3. The minimum atomic E-state index is -0.314. The van der Waals surface area contributed by atoms with Gasteiger partial charge in [0.05, 0.1) is 6.04 Å². The van der Waals surface area contributed by atoms with E-state index in [1.807, 2.05) is 41.9 Å². The summed E-state index contributed by atoms with van der Waals surface area (Å²) in [6, 6.07) is 9.81. The SMILES string of the molecule is COCCCNC(=O)C1Sc2nnc(C)n2NC1c1ccccc1. The molecule has 1 aliphatic heterocycles. The van der Waals surface area contributed by atoms with E-state index in [9.17, 15) is 4.79 Å². The smallest absolute Gasteiger partial charge is 0.236 e. The summed E-state index contributed by atoms with van der Waals surface area (Å²) in [5, 5.41) is 11.6. The van der Waals surface area contributed by atoms with Crippen LogP contribution in [0.3, 0.4) is 0 Å². The van der Waals surface area contributed by atoms with Gasteiger partial charge in [-0.2, -0.15) is 0 Å². The van der Waals surface area contributed by atoms with E-state index in [4.69, 9.17) is 4.74 Å². The van der Waals surface area contributed by atoms with Gasteiger partial charge in [0.15, 0.2) is 0 Å². The Kier molecular flexibility index (Phi) is 5.37. The number of hydrogen-bond donors (Lipinski definition) is 2. The zero-order valence-corrected chi connectivity index (χ0v) is 14.5. The first kappa shape index (κ1) is 16.8. The Hall–Kier alpha value is -2.06. The van der Waals surface area contributed by atoms with Crippen molar-refractivity contribution in [1.29, 1.82) is 0 Å². The molecule has 0 radical (unpaired) electrons. The first-order chi connectivity index (χ1) is 11.7. The molecule has 0 saturated carbocycles. The molecule has 0 aliphatic carbocycles. The molecule has 2 unspecified atom stereocenters. The highest BCUT2D eigenvalue weighted by Gasteiger charge is 2.37. The number of thioether (sulfide) groups is 1. The summed E-state index contributed by atoms with van der Waals surface area (Å²) in [4.78, 5) is 12.7. The minimum absolute atomic E-state index is 0.00985. The van der Waals surface area contributed by atoms with Gasteiger partial charge < -0.3 is 15.5 Å². The zero-order chi connectivity index (χ0) is 16.9. The third-order valence-corrected chi connectivity index (χ3v) is 5.06.